The van der Waals surface area contributed by atoms with Crippen LogP contribution in [-0.4, -0.2) is 47.6 Å². The minimum Gasteiger partial charge on any atom is -0.493 e. The summed E-state index contributed by atoms with van der Waals surface area (Å²) in [7, 11) is 3.07. The van der Waals surface area contributed by atoms with Gasteiger partial charge >= 0.3 is 6.03 Å². The Morgan fingerprint density at radius 3 is 2.53 bits per heavy atom. The molecule has 1 saturated carbocycles. The molecule has 1 aliphatic heterocycles. The van der Waals surface area contributed by atoms with Crippen molar-refractivity contribution in [2.45, 2.75) is 51.9 Å². The molecular formula is C24H30N6O4. The molecule has 3 amide bonds. The van der Waals surface area contributed by atoms with Gasteiger partial charge in [0.15, 0.2) is 11.5 Å². The maximum absolute atomic E-state index is 12.8. The van der Waals surface area contributed by atoms with Crippen LogP contribution >= 0.6 is 0 Å². The van der Waals surface area contributed by atoms with E-state index >= 15 is 0 Å². The van der Waals surface area contributed by atoms with Crippen molar-refractivity contribution < 1.29 is 19.1 Å². The number of aliphatic imine (C=N–C) groups is 2. The number of methoxy groups -OCH3 is 2. The van der Waals surface area contributed by atoms with Gasteiger partial charge in [-0.3, -0.25) is 10.1 Å². The number of hydrogen-bond donors (Lipinski definition) is 2. The number of nitrogens with one attached hydrogen (secondary N) is 2. The second-order valence-electron chi connectivity index (χ2n) is 9.38. The van der Waals surface area contributed by atoms with Crippen LogP contribution in [0.3, 0.4) is 0 Å². The largest absolute Gasteiger partial charge is 0.493 e. The van der Waals surface area contributed by atoms with Crippen LogP contribution in [-0.2, 0) is 10.2 Å². The molecule has 34 heavy (non-hydrogen) atoms. The molecule has 2 heterocycles. The molecule has 1 aromatic heterocycles. The number of nitrogens with zero attached hydrogens (tertiary/aromatic N) is 4. The van der Waals surface area contributed by atoms with E-state index in [-0.39, 0.29) is 23.2 Å². The number of rotatable bonds is 4. The summed E-state index contributed by atoms with van der Waals surface area (Å²) in [6, 6.07) is 6.36. The molecule has 2 N–H and O–H groups in total. The Labute approximate surface area is 198 Å². The fourth-order valence-electron chi connectivity index (χ4n) is 4.00. The van der Waals surface area contributed by atoms with E-state index < -0.39 is 6.03 Å². The van der Waals surface area contributed by atoms with Crippen molar-refractivity contribution in [1.82, 2.24) is 9.78 Å². The standard InChI is InChI=1S/C24H30N6O4/c1-24(2,3)19-13-20(27-23(32)25-14-10-11-17(33-4)18(12-14)34-5)30(29-19)22-26-16-9-7-6-8-15(16)21(31)28-22/h10-13,15H,6-9H2,1-5H3,(H2,25,27,32). The van der Waals surface area contributed by atoms with Crippen LogP contribution in [0.5, 0.6) is 11.5 Å². The minimum absolute atomic E-state index is 0.176. The monoisotopic (exact) mass is 466 g/mol. The third-order valence-electron chi connectivity index (χ3n) is 5.88. The Kier molecular flexibility index (Phi) is 6.41. The van der Waals surface area contributed by atoms with Crippen molar-refractivity contribution in [1.29, 1.82) is 0 Å². The van der Waals surface area contributed by atoms with Crippen LogP contribution < -0.4 is 20.1 Å². The van der Waals surface area contributed by atoms with Gasteiger partial charge in [0.2, 0.25) is 0 Å². The molecule has 0 spiro atoms. The Morgan fingerprint density at radius 1 is 1.06 bits per heavy atom. The van der Waals surface area contributed by atoms with Gasteiger partial charge in [-0.1, -0.05) is 27.2 Å². The highest BCUT2D eigenvalue weighted by molar-refractivity contribution is 6.16. The predicted octanol–water partition coefficient (Wildman–Crippen LogP) is 4.22. The number of anilines is 2. The Morgan fingerprint density at radius 2 is 1.82 bits per heavy atom. The smallest absolute Gasteiger partial charge is 0.324 e. The second kappa shape index (κ2) is 9.28. The fraction of sp³-hybridized carbons (Fsp3) is 0.458. The van der Waals surface area contributed by atoms with Gasteiger partial charge in [-0.05, 0) is 31.4 Å². The fourth-order valence-corrected chi connectivity index (χ4v) is 4.00. The maximum Gasteiger partial charge on any atom is 0.324 e. The molecule has 1 unspecified atom stereocenters. The number of aromatic nitrogens is 2. The number of urea groups is 1. The van der Waals surface area contributed by atoms with Crippen molar-refractivity contribution in [3.05, 3.63) is 30.0 Å². The maximum atomic E-state index is 12.8. The first-order valence-electron chi connectivity index (χ1n) is 11.3. The first-order chi connectivity index (χ1) is 16.2. The van der Waals surface area contributed by atoms with Crippen LogP contribution in [0.4, 0.5) is 16.3 Å². The quantitative estimate of drug-likeness (QED) is 0.699. The van der Waals surface area contributed by atoms with Gasteiger partial charge in [0.05, 0.1) is 25.8 Å². The predicted molar refractivity (Wildman–Crippen MR) is 130 cm³/mol. The molecule has 1 aromatic carbocycles. The van der Waals surface area contributed by atoms with Crippen LogP contribution in [0.15, 0.2) is 34.3 Å². The highest BCUT2D eigenvalue weighted by atomic mass is 16.5. The number of carbonyl (C=O) groups excluding carboxylic acids is 2. The molecule has 0 radical (unpaired) electrons. The van der Waals surface area contributed by atoms with Crippen LogP contribution in [0, 0.1) is 5.92 Å². The van der Waals surface area contributed by atoms with Gasteiger partial charge in [0.25, 0.3) is 11.9 Å². The number of hydrogen-bond acceptors (Lipinski definition) is 6. The summed E-state index contributed by atoms with van der Waals surface area (Å²) < 4.78 is 12.0. The van der Waals surface area contributed by atoms with Gasteiger partial charge < -0.3 is 14.8 Å². The van der Waals surface area contributed by atoms with E-state index in [4.69, 9.17) is 9.47 Å². The van der Waals surface area contributed by atoms with E-state index in [0.717, 1.165) is 37.1 Å². The van der Waals surface area contributed by atoms with Gasteiger partial charge in [-0.15, -0.1) is 0 Å². The van der Waals surface area contributed by atoms with E-state index in [9.17, 15) is 9.59 Å². The molecular weight excluding hydrogens is 436 g/mol. The van der Waals surface area contributed by atoms with Gasteiger partial charge in [0, 0.05) is 28.9 Å². The number of ether oxygens (including phenoxy) is 2. The lowest BCUT2D eigenvalue weighted by atomic mass is 9.86. The first-order valence-corrected chi connectivity index (χ1v) is 11.3. The zero-order valence-corrected chi connectivity index (χ0v) is 20.1. The summed E-state index contributed by atoms with van der Waals surface area (Å²) in [4.78, 5) is 34.4. The Balaban J connectivity index is 1.62. The lowest BCUT2D eigenvalue weighted by molar-refractivity contribution is -0.120. The zero-order valence-electron chi connectivity index (χ0n) is 20.1. The lowest BCUT2D eigenvalue weighted by Gasteiger charge is -2.24. The molecule has 1 atom stereocenters. The van der Waals surface area contributed by atoms with Crippen molar-refractivity contribution in [2.75, 3.05) is 24.9 Å². The lowest BCUT2D eigenvalue weighted by Crippen LogP contribution is -2.34. The van der Waals surface area contributed by atoms with Gasteiger partial charge in [-0.25, -0.2) is 9.79 Å². The average molecular weight is 467 g/mol. The topological polar surface area (TPSA) is 119 Å². The normalized spacial score (nSPS) is 17.9. The molecule has 4 rings (SSSR count). The Bertz CT molecular complexity index is 1170. The molecule has 1 aliphatic carbocycles. The summed E-state index contributed by atoms with van der Waals surface area (Å²) >= 11 is 0. The van der Waals surface area contributed by atoms with E-state index in [1.54, 1.807) is 31.4 Å². The summed E-state index contributed by atoms with van der Waals surface area (Å²) in [5.74, 6) is 1.16. The highest BCUT2D eigenvalue weighted by Crippen LogP contribution is 2.31. The van der Waals surface area contributed by atoms with Gasteiger partial charge in [-0.2, -0.15) is 14.8 Å². The molecule has 10 nitrogen and oxygen atoms in total. The molecule has 0 bridgehead atoms. The van der Waals surface area contributed by atoms with Gasteiger partial charge in [0.1, 0.15) is 5.82 Å². The summed E-state index contributed by atoms with van der Waals surface area (Å²) in [6.07, 6.45) is 3.55. The number of carbonyl (C=O) groups is 2. The molecule has 2 aliphatic rings. The van der Waals surface area contributed by atoms with E-state index in [1.165, 1.54) is 11.8 Å². The van der Waals surface area contributed by atoms with Crippen molar-refractivity contribution in [3.8, 4) is 11.5 Å². The molecule has 180 valence electrons. The summed E-state index contributed by atoms with van der Waals surface area (Å²) in [5, 5.41) is 10.2. The molecule has 10 heteroatoms. The summed E-state index contributed by atoms with van der Waals surface area (Å²) in [6.45, 7) is 6.05. The third kappa shape index (κ3) is 4.80. The van der Waals surface area contributed by atoms with Crippen LogP contribution in [0.25, 0.3) is 0 Å². The SMILES string of the molecule is COc1ccc(NC(=O)Nc2cc(C(C)(C)C)nn2C2=NC(=O)C3CCCCC3=N2)cc1OC. The number of benzene rings is 1. The molecule has 1 fully saturated rings. The average Bonchev–Trinajstić information content (AvgIpc) is 3.23. The second-order valence-corrected chi connectivity index (χ2v) is 9.38. The Hall–Kier alpha value is -3.69. The summed E-state index contributed by atoms with van der Waals surface area (Å²) in [5.41, 5.74) is 1.80. The van der Waals surface area contributed by atoms with E-state index in [1.807, 2.05) is 20.8 Å². The van der Waals surface area contributed by atoms with E-state index in [2.05, 4.69) is 25.7 Å². The number of fused-ring (bicyclic) bond motifs is 1. The van der Waals surface area contributed by atoms with E-state index in [0.29, 0.717) is 23.0 Å². The zero-order chi connectivity index (χ0) is 24.5. The van der Waals surface area contributed by atoms with Crippen molar-refractivity contribution in [3.63, 3.8) is 0 Å². The third-order valence-corrected chi connectivity index (χ3v) is 5.88. The minimum atomic E-state index is -0.486. The highest BCUT2D eigenvalue weighted by Gasteiger charge is 2.32. The van der Waals surface area contributed by atoms with Crippen LogP contribution in [0.2, 0.25) is 0 Å². The molecule has 0 saturated heterocycles. The van der Waals surface area contributed by atoms with Crippen molar-refractivity contribution >= 4 is 35.1 Å². The van der Waals surface area contributed by atoms with Crippen molar-refractivity contribution in [2.24, 2.45) is 15.9 Å². The van der Waals surface area contributed by atoms with Crippen LogP contribution in [0.1, 0.15) is 52.1 Å². The first kappa shape index (κ1) is 23.5. The number of amides is 3. The molecule has 2 aromatic rings.